The summed E-state index contributed by atoms with van der Waals surface area (Å²) >= 11 is 0. The molecule has 1 aromatic rings. The van der Waals surface area contributed by atoms with Crippen LogP contribution in [0.1, 0.15) is 18.9 Å². The topological polar surface area (TPSA) is 18.5 Å². The number of hydrogen-bond acceptors (Lipinski definition) is 2. The van der Waals surface area contributed by atoms with Gasteiger partial charge >= 0.3 is 0 Å². The van der Waals surface area contributed by atoms with Crippen LogP contribution in [0.15, 0.2) is 48.2 Å². The number of allylic oxidation sites excluding steroid dienone is 1. The molecule has 0 radical (unpaired) electrons. The largest absolute Gasteiger partial charge is 0.496 e. The molecule has 17 heavy (non-hydrogen) atoms. The molecule has 0 saturated carbocycles. The number of ether oxygens (including phenoxy) is 2. The molecule has 0 fully saturated rings. The molecule has 90 valence electrons. The van der Waals surface area contributed by atoms with Gasteiger partial charge in [-0.05, 0) is 25.0 Å². The summed E-state index contributed by atoms with van der Waals surface area (Å²) in [5.41, 5.74) is 2.06. The van der Waals surface area contributed by atoms with Gasteiger partial charge in [-0.2, -0.15) is 0 Å². The fourth-order valence-corrected chi connectivity index (χ4v) is 2.01. The Bertz CT molecular complexity index is 445. The summed E-state index contributed by atoms with van der Waals surface area (Å²) in [5.74, 6) is 0.881. The minimum Gasteiger partial charge on any atom is -0.496 e. The van der Waals surface area contributed by atoms with Gasteiger partial charge in [-0.25, -0.2) is 0 Å². The van der Waals surface area contributed by atoms with Gasteiger partial charge in [0.25, 0.3) is 0 Å². The van der Waals surface area contributed by atoms with Crippen LogP contribution in [0.2, 0.25) is 0 Å². The molecule has 0 bridgehead atoms. The molecule has 1 aromatic carbocycles. The predicted octanol–water partition coefficient (Wildman–Crippen LogP) is 3.41. The molecule has 0 unspecified atom stereocenters. The molecular weight excluding hydrogens is 212 g/mol. The highest BCUT2D eigenvalue weighted by Gasteiger charge is 2.26. The van der Waals surface area contributed by atoms with E-state index in [4.69, 9.17) is 9.47 Å². The van der Waals surface area contributed by atoms with E-state index in [9.17, 15) is 0 Å². The smallest absolute Gasteiger partial charge is 0.125 e. The van der Waals surface area contributed by atoms with E-state index >= 15 is 0 Å². The van der Waals surface area contributed by atoms with Crippen LogP contribution >= 0.6 is 0 Å². The molecule has 2 heteroatoms. The zero-order chi connectivity index (χ0) is 12.3. The van der Waals surface area contributed by atoms with Crippen LogP contribution in [0.4, 0.5) is 0 Å². The quantitative estimate of drug-likeness (QED) is 0.792. The first kappa shape index (κ1) is 11.9. The summed E-state index contributed by atoms with van der Waals surface area (Å²) in [5, 5.41) is 0. The average Bonchev–Trinajstić information content (AvgIpc) is 2.39. The molecule has 0 saturated heterocycles. The van der Waals surface area contributed by atoms with Gasteiger partial charge in [0.05, 0.1) is 12.7 Å². The molecule has 1 aliphatic rings. The number of methoxy groups -OCH3 is 2. The van der Waals surface area contributed by atoms with Gasteiger partial charge in [0.15, 0.2) is 0 Å². The molecule has 0 amide bonds. The van der Waals surface area contributed by atoms with Crippen LogP contribution in [-0.2, 0) is 9.47 Å². The Morgan fingerprint density at radius 2 is 1.82 bits per heavy atom. The van der Waals surface area contributed by atoms with E-state index in [0.29, 0.717) is 0 Å². The van der Waals surface area contributed by atoms with Gasteiger partial charge in [0.2, 0.25) is 0 Å². The highest BCUT2D eigenvalue weighted by molar-refractivity contribution is 5.78. The molecule has 0 N–H and O–H groups in total. The number of benzene rings is 1. The number of hydrogen-bond donors (Lipinski definition) is 0. The van der Waals surface area contributed by atoms with Crippen LogP contribution in [0, 0.1) is 0 Å². The van der Waals surface area contributed by atoms with Crippen molar-refractivity contribution in [1.29, 1.82) is 0 Å². The minimum absolute atomic E-state index is 0.260. The zero-order valence-corrected chi connectivity index (χ0v) is 10.6. The second kappa shape index (κ2) is 4.76. The molecule has 0 heterocycles. The first-order valence-electron chi connectivity index (χ1n) is 5.76. The average molecular weight is 230 g/mol. The molecule has 0 aliphatic heterocycles. The lowest BCUT2D eigenvalue weighted by Crippen LogP contribution is -2.26. The second-order valence-corrected chi connectivity index (χ2v) is 4.42. The summed E-state index contributed by atoms with van der Waals surface area (Å²) in [6.45, 7) is 2.06. The third-order valence-electron chi connectivity index (χ3n) is 3.18. The number of rotatable bonds is 3. The molecule has 2 nitrogen and oxygen atoms in total. The Morgan fingerprint density at radius 3 is 2.41 bits per heavy atom. The highest BCUT2D eigenvalue weighted by atomic mass is 16.5. The van der Waals surface area contributed by atoms with Gasteiger partial charge < -0.3 is 9.47 Å². The van der Waals surface area contributed by atoms with E-state index in [1.807, 2.05) is 18.2 Å². The lowest BCUT2D eigenvalue weighted by atomic mass is 9.89. The van der Waals surface area contributed by atoms with Crippen molar-refractivity contribution in [2.45, 2.75) is 18.9 Å². The standard InChI is InChI=1S/C15H18O2/c1-15(17-3)10-9-13(14(11-15)16-2)12-7-5-4-6-8-12/h4-9,11H,10H2,1-3H3/t15-/m1/s1. The molecular formula is C15H18O2. The van der Waals surface area contributed by atoms with Crippen LogP contribution in [0.25, 0.3) is 5.57 Å². The van der Waals surface area contributed by atoms with E-state index < -0.39 is 0 Å². The van der Waals surface area contributed by atoms with Crippen molar-refractivity contribution < 1.29 is 9.47 Å². The Morgan fingerprint density at radius 1 is 1.12 bits per heavy atom. The first-order valence-corrected chi connectivity index (χ1v) is 5.76. The molecule has 0 aromatic heterocycles. The van der Waals surface area contributed by atoms with Crippen LogP contribution < -0.4 is 0 Å². The van der Waals surface area contributed by atoms with Gasteiger partial charge in [0, 0.05) is 12.7 Å². The molecule has 0 spiro atoms. The summed E-state index contributed by atoms with van der Waals surface area (Å²) < 4.78 is 11.0. The van der Waals surface area contributed by atoms with Crippen molar-refractivity contribution in [3.05, 3.63) is 53.8 Å². The van der Waals surface area contributed by atoms with Crippen molar-refractivity contribution in [1.82, 2.24) is 0 Å². The van der Waals surface area contributed by atoms with Gasteiger partial charge in [-0.1, -0.05) is 36.4 Å². The van der Waals surface area contributed by atoms with Crippen LogP contribution in [0.3, 0.4) is 0 Å². The fourth-order valence-electron chi connectivity index (χ4n) is 2.01. The van der Waals surface area contributed by atoms with Gasteiger partial charge in [-0.3, -0.25) is 0 Å². The first-order chi connectivity index (χ1) is 8.18. The molecule has 1 atom stereocenters. The summed E-state index contributed by atoms with van der Waals surface area (Å²) in [6.07, 6.45) is 5.09. The van der Waals surface area contributed by atoms with Gasteiger partial charge in [0.1, 0.15) is 5.76 Å². The maximum absolute atomic E-state index is 5.49. The van der Waals surface area contributed by atoms with Crippen LogP contribution in [0.5, 0.6) is 0 Å². The Kier molecular flexibility index (Phi) is 3.34. The molecule has 1 aliphatic carbocycles. The van der Waals surface area contributed by atoms with Crippen molar-refractivity contribution in [3.8, 4) is 0 Å². The normalized spacial score (nSPS) is 23.9. The Labute approximate surface area is 103 Å². The Balaban J connectivity index is 2.36. The summed E-state index contributed by atoms with van der Waals surface area (Å²) in [7, 11) is 3.43. The SMILES string of the molecule is COC1=C[C@](C)(OC)CC=C1c1ccccc1. The van der Waals surface area contributed by atoms with Crippen LogP contribution in [-0.4, -0.2) is 19.8 Å². The third kappa shape index (κ3) is 2.42. The predicted molar refractivity (Wildman–Crippen MR) is 69.5 cm³/mol. The highest BCUT2D eigenvalue weighted by Crippen LogP contribution is 2.34. The zero-order valence-electron chi connectivity index (χ0n) is 10.6. The summed E-state index contributed by atoms with van der Waals surface area (Å²) in [4.78, 5) is 0. The van der Waals surface area contributed by atoms with Crippen molar-refractivity contribution >= 4 is 5.57 Å². The lowest BCUT2D eigenvalue weighted by Gasteiger charge is -2.29. The fraction of sp³-hybridized carbons (Fsp3) is 0.333. The monoisotopic (exact) mass is 230 g/mol. The van der Waals surface area contributed by atoms with Gasteiger partial charge in [-0.15, -0.1) is 0 Å². The minimum atomic E-state index is -0.260. The van der Waals surface area contributed by atoms with E-state index in [0.717, 1.165) is 17.8 Å². The van der Waals surface area contributed by atoms with E-state index in [1.165, 1.54) is 5.56 Å². The van der Waals surface area contributed by atoms with E-state index in [1.54, 1.807) is 14.2 Å². The molecule has 2 rings (SSSR count). The van der Waals surface area contributed by atoms with Crippen molar-refractivity contribution in [2.75, 3.05) is 14.2 Å². The Hall–Kier alpha value is -1.54. The summed E-state index contributed by atoms with van der Waals surface area (Å²) in [6, 6.07) is 10.3. The lowest BCUT2D eigenvalue weighted by molar-refractivity contribution is 0.0468. The maximum Gasteiger partial charge on any atom is 0.125 e. The van der Waals surface area contributed by atoms with Crippen molar-refractivity contribution in [3.63, 3.8) is 0 Å². The second-order valence-electron chi connectivity index (χ2n) is 4.42. The van der Waals surface area contributed by atoms with E-state index in [-0.39, 0.29) is 5.60 Å². The maximum atomic E-state index is 5.49. The van der Waals surface area contributed by atoms with E-state index in [2.05, 4.69) is 31.2 Å². The van der Waals surface area contributed by atoms with Crippen molar-refractivity contribution in [2.24, 2.45) is 0 Å². The third-order valence-corrected chi connectivity index (χ3v) is 3.18.